The standard InChI is InChI=1S/C13H12N2O3S/c1-18-10-4-2-9(3-5-10)11(16)8-19-12-6-7-14-13(17)15-12/h2-7H,8H2,1H3,(H,14,15,17). The molecule has 0 amide bonds. The fraction of sp³-hybridized carbons (Fsp3) is 0.154. The average molecular weight is 276 g/mol. The fourth-order valence-electron chi connectivity index (χ4n) is 1.44. The molecule has 2 rings (SSSR count). The second-order valence-corrected chi connectivity index (χ2v) is 4.70. The first kappa shape index (κ1) is 13.4. The summed E-state index contributed by atoms with van der Waals surface area (Å²) in [6.45, 7) is 0. The van der Waals surface area contributed by atoms with Gasteiger partial charge in [-0.25, -0.2) is 9.78 Å². The topological polar surface area (TPSA) is 72.0 Å². The number of H-pyrrole nitrogens is 1. The Labute approximate surface area is 114 Å². The van der Waals surface area contributed by atoms with Crippen molar-refractivity contribution < 1.29 is 9.53 Å². The quantitative estimate of drug-likeness (QED) is 0.512. The zero-order valence-corrected chi connectivity index (χ0v) is 11.1. The SMILES string of the molecule is COc1ccc(C(=O)CSc2ccnc(=O)[nH]2)cc1. The summed E-state index contributed by atoms with van der Waals surface area (Å²) >= 11 is 1.27. The second kappa shape index (κ2) is 6.19. The van der Waals surface area contributed by atoms with Gasteiger partial charge in [0.25, 0.3) is 0 Å². The predicted molar refractivity (Wildman–Crippen MR) is 72.9 cm³/mol. The number of aromatic nitrogens is 2. The highest BCUT2D eigenvalue weighted by atomic mass is 32.2. The van der Waals surface area contributed by atoms with E-state index in [-0.39, 0.29) is 11.5 Å². The van der Waals surface area contributed by atoms with E-state index in [1.54, 1.807) is 37.4 Å². The summed E-state index contributed by atoms with van der Waals surface area (Å²) in [7, 11) is 1.58. The number of Topliss-reactive ketones (excluding diaryl/α,β-unsaturated/α-hetero) is 1. The van der Waals surface area contributed by atoms with E-state index in [0.29, 0.717) is 16.3 Å². The van der Waals surface area contributed by atoms with E-state index in [1.807, 2.05) is 0 Å². The molecule has 1 aromatic carbocycles. The Bertz CT molecular complexity index is 622. The van der Waals surface area contributed by atoms with Crippen molar-refractivity contribution in [2.45, 2.75) is 5.03 Å². The van der Waals surface area contributed by atoms with E-state index in [0.717, 1.165) is 0 Å². The van der Waals surface area contributed by atoms with Gasteiger partial charge in [-0.1, -0.05) is 0 Å². The van der Waals surface area contributed by atoms with Gasteiger partial charge in [-0.05, 0) is 30.3 Å². The first-order valence-corrected chi connectivity index (χ1v) is 6.53. The molecule has 0 spiro atoms. The third-order valence-electron chi connectivity index (χ3n) is 2.42. The predicted octanol–water partition coefficient (Wildman–Crippen LogP) is 1.75. The molecule has 6 heteroatoms. The average Bonchev–Trinajstić information content (AvgIpc) is 2.45. The molecule has 0 aliphatic carbocycles. The molecule has 0 unspecified atom stereocenters. The molecular weight excluding hydrogens is 264 g/mol. The zero-order chi connectivity index (χ0) is 13.7. The van der Waals surface area contributed by atoms with Crippen LogP contribution < -0.4 is 10.4 Å². The van der Waals surface area contributed by atoms with Gasteiger partial charge in [-0.15, -0.1) is 11.8 Å². The van der Waals surface area contributed by atoms with Crippen LogP contribution in [0, 0.1) is 0 Å². The van der Waals surface area contributed by atoms with Crippen molar-refractivity contribution in [3.05, 3.63) is 52.6 Å². The largest absolute Gasteiger partial charge is 0.497 e. The fourth-order valence-corrected chi connectivity index (χ4v) is 2.21. The van der Waals surface area contributed by atoms with E-state index < -0.39 is 5.69 Å². The lowest BCUT2D eigenvalue weighted by atomic mass is 10.1. The van der Waals surface area contributed by atoms with Gasteiger partial charge in [-0.3, -0.25) is 4.79 Å². The summed E-state index contributed by atoms with van der Waals surface area (Å²) in [5, 5.41) is 0.627. The number of rotatable bonds is 5. The van der Waals surface area contributed by atoms with Crippen LogP contribution in [0.2, 0.25) is 0 Å². The van der Waals surface area contributed by atoms with Crippen molar-refractivity contribution in [1.29, 1.82) is 0 Å². The van der Waals surface area contributed by atoms with Gasteiger partial charge in [0.2, 0.25) is 0 Å². The summed E-state index contributed by atoms with van der Waals surface area (Å²) in [5.74, 6) is 0.958. The maximum Gasteiger partial charge on any atom is 0.345 e. The molecule has 0 radical (unpaired) electrons. The van der Waals surface area contributed by atoms with Gasteiger partial charge in [0, 0.05) is 11.8 Å². The van der Waals surface area contributed by atoms with Crippen LogP contribution in [0.1, 0.15) is 10.4 Å². The molecule has 0 fully saturated rings. The number of carbonyl (C=O) groups excluding carboxylic acids is 1. The highest BCUT2D eigenvalue weighted by Crippen LogP contribution is 2.17. The van der Waals surface area contributed by atoms with Crippen LogP contribution in [0.5, 0.6) is 5.75 Å². The summed E-state index contributed by atoms with van der Waals surface area (Å²) in [5.41, 5.74) is 0.201. The van der Waals surface area contributed by atoms with Gasteiger partial charge < -0.3 is 9.72 Å². The summed E-state index contributed by atoms with van der Waals surface area (Å²) in [6, 6.07) is 8.58. The maximum atomic E-state index is 11.9. The molecule has 1 aromatic heterocycles. The van der Waals surface area contributed by atoms with Crippen LogP contribution in [0.15, 0.2) is 46.3 Å². The van der Waals surface area contributed by atoms with Crippen LogP contribution in [0.3, 0.4) is 0 Å². The number of thioether (sulfide) groups is 1. The summed E-state index contributed by atoms with van der Waals surface area (Å²) in [6.07, 6.45) is 1.42. The first-order chi connectivity index (χ1) is 9.19. The maximum absolute atomic E-state index is 11.9. The van der Waals surface area contributed by atoms with Gasteiger partial charge in [0.15, 0.2) is 5.78 Å². The molecule has 2 aromatic rings. The monoisotopic (exact) mass is 276 g/mol. The normalized spacial score (nSPS) is 10.2. The number of benzene rings is 1. The second-order valence-electron chi connectivity index (χ2n) is 3.68. The van der Waals surface area contributed by atoms with E-state index in [9.17, 15) is 9.59 Å². The zero-order valence-electron chi connectivity index (χ0n) is 10.3. The number of ether oxygens (including phenoxy) is 1. The summed E-state index contributed by atoms with van der Waals surface area (Å²) in [4.78, 5) is 29.0. The Morgan fingerprint density at radius 1 is 1.32 bits per heavy atom. The molecule has 1 N–H and O–H groups in total. The Morgan fingerprint density at radius 2 is 2.05 bits per heavy atom. The molecule has 1 heterocycles. The smallest absolute Gasteiger partial charge is 0.345 e. The van der Waals surface area contributed by atoms with Crippen LogP contribution in [0.25, 0.3) is 0 Å². The Hall–Kier alpha value is -2.08. The molecule has 19 heavy (non-hydrogen) atoms. The van der Waals surface area contributed by atoms with Crippen molar-refractivity contribution in [2.24, 2.45) is 0 Å². The van der Waals surface area contributed by atoms with Crippen LogP contribution in [-0.4, -0.2) is 28.6 Å². The molecule has 0 atom stereocenters. The van der Waals surface area contributed by atoms with E-state index in [4.69, 9.17) is 4.74 Å². The van der Waals surface area contributed by atoms with Gasteiger partial charge in [0.05, 0.1) is 17.9 Å². The van der Waals surface area contributed by atoms with Crippen LogP contribution in [0.4, 0.5) is 0 Å². The van der Waals surface area contributed by atoms with Crippen molar-refractivity contribution in [2.75, 3.05) is 12.9 Å². The highest BCUT2D eigenvalue weighted by Gasteiger charge is 2.07. The number of hydrogen-bond acceptors (Lipinski definition) is 5. The lowest BCUT2D eigenvalue weighted by Gasteiger charge is -2.03. The number of hydrogen-bond donors (Lipinski definition) is 1. The Balaban J connectivity index is 1.99. The number of carbonyl (C=O) groups is 1. The molecule has 0 aliphatic heterocycles. The minimum Gasteiger partial charge on any atom is -0.497 e. The van der Waals surface area contributed by atoms with Crippen LogP contribution >= 0.6 is 11.8 Å². The highest BCUT2D eigenvalue weighted by molar-refractivity contribution is 7.99. The van der Waals surface area contributed by atoms with E-state index in [1.165, 1.54) is 18.0 Å². The van der Waals surface area contributed by atoms with E-state index in [2.05, 4.69) is 9.97 Å². The molecule has 98 valence electrons. The molecule has 0 bridgehead atoms. The lowest BCUT2D eigenvalue weighted by Crippen LogP contribution is -2.10. The van der Waals surface area contributed by atoms with Crippen molar-refractivity contribution in [3.63, 3.8) is 0 Å². The number of nitrogens with one attached hydrogen (secondary N) is 1. The Kier molecular flexibility index (Phi) is 4.35. The van der Waals surface area contributed by atoms with Crippen molar-refractivity contribution in [3.8, 4) is 5.75 Å². The number of ketones is 1. The molecular formula is C13H12N2O3S. The summed E-state index contributed by atoms with van der Waals surface area (Å²) < 4.78 is 5.03. The number of aromatic amines is 1. The Morgan fingerprint density at radius 3 is 2.68 bits per heavy atom. The van der Waals surface area contributed by atoms with Gasteiger partial charge in [0.1, 0.15) is 5.75 Å². The molecule has 0 aliphatic rings. The van der Waals surface area contributed by atoms with Crippen molar-refractivity contribution in [1.82, 2.24) is 9.97 Å². The first-order valence-electron chi connectivity index (χ1n) is 5.54. The van der Waals surface area contributed by atoms with E-state index >= 15 is 0 Å². The lowest BCUT2D eigenvalue weighted by molar-refractivity contribution is 0.102. The van der Waals surface area contributed by atoms with Crippen molar-refractivity contribution >= 4 is 17.5 Å². The van der Waals surface area contributed by atoms with Crippen LogP contribution in [-0.2, 0) is 0 Å². The number of nitrogens with zero attached hydrogens (tertiary/aromatic N) is 1. The number of methoxy groups -OCH3 is 1. The third-order valence-corrected chi connectivity index (χ3v) is 3.37. The minimum atomic E-state index is -0.415. The molecule has 0 saturated heterocycles. The molecule has 5 nitrogen and oxygen atoms in total. The molecule has 0 saturated carbocycles. The minimum absolute atomic E-state index is 0.00897. The third kappa shape index (κ3) is 3.69. The van der Waals surface area contributed by atoms with Gasteiger partial charge in [-0.2, -0.15) is 0 Å². The van der Waals surface area contributed by atoms with Gasteiger partial charge >= 0.3 is 5.69 Å².